The first kappa shape index (κ1) is 30.2. The van der Waals surface area contributed by atoms with Crippen LogP contribution in [0.3, 0.4) is 0 Å². The molecule has 1 unspecified atom stereocenters. The summed E-state index contributed by atoms with van der Waals surface area (Å²) in [5, 5.41) is 11.1. The van der Waals surface area contributed by atoms with Crippen LogP contribution in [-0.4, -0.2) is 41.8 Å². The highest BCUT2D eigenvalue weighted by Gasteiger charge is 2.42. The number of carboxylic acids is 1. The second-order valence-corrected chi connectivity index (χ2v) is 8.24. The highest BCUT2D eigenvalue weighted by Crippen LogP contribution is 2.22. The number of unbranched alkanes of at least 4 members (excludes halogenated alkanes) is 10. The van der Waals surface area contributed by atoms with Gasteiger partial charge in [-0.15, -0.1) is 0 Å². The predicted octanol–water partition coefficient (Wildman–Crippen LogP) is 5.92. The van der Waals surface area contributed by atoms with E-state index in [1.54, 1.807) is 0 Å². The maximum Gasteiger partial charge on any atom is 0.490 e. The summed E-state index contributed by atoms with van der Waals surface area (Å²) in [6.07, 6.45) is 6.64. The van der Waals surface area contributed by atoms with Gasteiger partial charge in [0.05, 0.1) is 6.42 Å². The molecule has 0 fully saturated rings. The largest absolute Gasteiger partial charge is 0.490 e. The van der Waals surface area contributed by atoms with Gasteiger partial charge in [-0.25, -0.2) is 4.79 Å². The standard InChI is InChI=1S/C23H40F3NO5/c1-2-3-4-8-11-14-19(32-22(31)23(24,25)26)15-12-9-6-5-7-10-13-16-20(28)27-18-17-21(29)30/h19H,2-18H2,1H3,(H,27,28)(H,29,30). The first-order chi connectivity index (χ1) is 15.2. The number of halogens is 3. The van der Waals surface area contributed by atoms with E-state index < -0.39 is 24.2 Å². The number of hydrogen-bond acceptors (Lipinski definition) is 4. The zero-order valence-electron chi connectivity index (χ0n) is 19.3. The molecule has 0 spiro atoms. The van der Waals surface area contributed by atoms with Crippen molar-refractivity contribution in [1.29, 1.82) is 0 Å². The number of carbonyl (C=O) groups excluding carboxylic acids is 2. The molecule has 1 atom stereocenters. The summed E-state index contributed by atoms with van der Waals surface area (Å²) >= 11 is 0. The Morgan fingerprint density at radius 2 is 1.31 bits per heavy atom. The fraction of sp³-hybridized carbons (Fsp3) is 0.870. The summed E-state index contributed by atoms with van der Waals surface area (Å²) in [5.41, 5.74) is 0. The van der Waals surface area contributed by atoms with Crippen LogP contribution in [0.4, 0.5) is 13.2 Å². The number of esters is 1. The molecule has 188 valence electrons. The minimum absolute atomic E-state index is 0.0825. The molecule has 32 heavy (non-hydrogen) atoms. The summed E-state index contributed by atoms with van der Waals surface area (Å²) in [5.74, 6) is -3.18. The molecule has 0 bridgehead atoms. The maximum absolute atomic E-state index is 12.5. The molecule has 0 aliphatic rings. The molecule has 0 aliphatic carbocycles. The third-order valence-corrected chi connectivity index (χ3v) is 5.23. The van der Waals surface area contributed by atoms with Gasteiger partial charge in [-0.2, -0.15) is 13.2 Å². The number of amides is 1. The Bertz CT molecular complexity index is 526. The normalized spacial score (nSPS) is 12.4. The third kappa shape index (κ3) is 18.9. The van der Waals surface area contributed by atoms with E-state index in [4.69, 9.17) is 9.84 Å². The Morgan fingerprint density at radius 3 is 1.81 bits per heavy atom. The molecule has 0 aliphatic heterocycles. The number of rotatable bonds is 20. The molecule has 2 N–H and O–H groups in total. The lowest BCUT2D eigenvalue weighted by atomic mass is 10.0. The predicted molar refractivity (Wildman–Crippen MR) is 116 cm³/mol. The summed E-state index contributed by atoms with van der Waals surface area (Å²) < 4.78 is 42.2. The van der Waals surface area contributed by atoms with Crippen molar-refractivity contribution in [3.05, 3.63) is 0 Å². The van der Waals surface area contributed by atoms with Crippen molar-refractivity contribution >= 4 is 17.8 Å². The third-order valence-electron chi connectivity index (χ3n) is 5.23. The zero-order valence-corrected chi connectivity index (χ0v) is 19.3. The van der Waals surface area contributed by atoms with Gasteiger partial charge in [0.15, 0.2) is 0 Å². The first-order valence-corrected chi connectivity index (χ1v) is 11.9. The fourth-order valence-corrected chi connectivity index (χ4v) is 3.39. The lowest BCUT2D eigenvalue weighted by Gasteiger charge is -2.19. The number of carbonyl (C=O) groups is 3. The van der Waals surface area contributed by atoms with E-state index in [0.29, 0.717) is 19.3 Å². The molecule has 0 aromatic carbocycles. The van der Waals surface area contributed by atoms with Gasteiger partial charge in [0.2, 0.25) is 5.91 Å². The average molecular weight is 468 g/mol. The quantitative estimate of drug-likeness (QED) is 0.171. The molecule has 0 rings (SSSR count). The number of alkyl halides is 3. The van der Waals surface area contributed by atoms with Crippen molar-refractivity contribution in [3.63, 3.8) is 0 Å². The molecule has 0 aromatic heterocycles. The summed E-state index contributed by atoms with van der Waals surface area (Å²) in [6.45, 7) is 2.24. The van der Waals surface area contributed by atoms with Crippen LogP contribution in [0.5, 0.6) is 0 Å². The summed E-state index contributed by atoms with van der Waals surface area (Å²) in [6, 6.07) is 0. The smallest absolute Gasteiger partial charge is 0.481 e. The van der Waals surface area contributed by atoms with E-state index in [1.165, 1.54) is 0 Å². The molecule has 9 heteroatoms. The average Bonchev–Trinajstić information content (AvgIpc) is 2.71. The Morgan fingerprint density at radius 1 is 0.812 bits per heavy atom. The van der Waals surface area contributed by atoms with E-state index >= 15 is 0 Å². The Kier molecular flexibility index (Phi) is 17.7. The van der Waals surface area contributed by atoms with Crippen LogP contribution in [-0.2, 0) is 19.1 Å². The number of ether oxygens (including phenoxy) is 1. The SMILES string of the molecule is CCCCCCCC(CCCCCCCCCC(=O)NCCC(=O)O)OC(=O)C(F)(F)F. The van der Waals surface area contributed by atoms with E-state index in [1.807, 2.05) is 0 Å². The van der Waals surface area contributed by atoms with E-state index in [9.17, 15) is 27.6 Å². The molecular weight excluding hydrogens is 427 g/mol. The van der Waals surface area contributed by atoms with Crippen LogP contribution in [0.15, 0.2) is 0 Å². The van der Waals surface area contributed by atoms with Crippen LogP contribution in [0, 0.1) is 0 Å². The van der Waals surface area contributed by atoms with E-state index in [2.05, 4.69) is 12.2 Å². The zero-order chi connectivity index (χ0) is 24.2. The lowest BCUT2D eigenvalue weighted by Crippen LogP contribution is -2.30. The van der Waals surface area contributed by atoms with Gasteiger partial charge in [0, 0.05) is 13.0 Å². The highest BCUT2D eigenvalue weighted by molar-refractivity contribution is 5.76. The van der Waals surface area contributed by atoms with Crippen molar-refractivity contribution < 1.29 is 37.4 Å². The van der Waals surface area contributed by atoms with Gasteiger partial charge in [-0.3, -0.25) is 9.59 Å². The topological polar surface area (TPSA) is 92.7 Å². The lowest BCUT2D eigenvalue weighted by molar-refractivity contribution is -0.205. The fourth-order valence-electron chi connectivity index (χ4n) is 3.39. The maximum atomic E-state index is 12.5. The highest BCUT2D eigenvalue weighted by atomic mass is 19.4. The number of carboxylic acid groups (broad SMARTS) is 1. The van der Waals surface area contributed by atoms with E-state index in [-0.39, 0.29) is 18.9 Å². The number of nitrogens with one attached hydrogen (secondary N) is 1. The molecule has 0 saturated heterocycles. The van der Waals surface area contributed by atoms with Crippen LogP contribution in [0.2, 0.25) is 0 Å². The second kappa shape index (κ2) is 18.7. The summed E-state index contributed by atoms with van der Waals surface area (Å²) in [7, 11) is 0. The molecule has 0 heterocycles. The minimum Gasteiger partial charge on any atom is -0.481 e. The van der Waals surface area contributed by atoms with Gasteiger partial charge in [0.1, 0.15) is 6.10 Å². The van der Waals surface area contributed by atoms with Crippen LogP contribution >= 0.6 is 0 Å². The van der Waals surface area contributed by atoms with E-state index in [0.717, 1.165) is 77.0 Å². The van der Waals surface area contributed by atoms with Gasteiger partial charge >= 0.3 is 18.1 Å². The Hall–Kier alpha value is -1.80. The van der Waals surface area contributed by atoms with Crippen molar-refractivity contribution in [1.82, 2.24) is 5.32 Å². The van der Waals surface area contributed by atoms with Crippen LogP contribution in [0.25, 0.3) is 0 Å². The molecule has 0 saturated carbocycles. The molecule has 0 radical (unpaired) electrons. The second-order valence-electron chi connectivity index (χ2n) is 8.24. The van der Waals surface area contributed by atoms with Gasteiger partial charge in [0.25, 0.3) is 0 Å². The number of aliphatic carboxylic acids is 1. The number of hydrogen-bond donors (Lipinski definition) is 2. The Labute approximate surface area is 189 Å². The van der Waals surface area contributed by atoms with Crippen LogP contribution in [0.1, 0.15) is 110 Å². The minimum atomic E-state index is -4.95. The first-order valence-electron chi connectivity index (χ1n) is 11.9. The monoisotopic (exact) mass is 467 g/mol. The summed E-state index contributed by atoms with van der Waals surface area (Å²) in [4.78, 5) is 33.1. The molecule has 1 amide bonds. The van der Waals surface area contributed by atoms with Crippen molar-refractivity contribution in [3.8, 4) is 0 Å². The van der Waals surface area contributed by atoms with Crippen LogP contribution < -0.4 is 5.32 Å². The molecule has 6 nitrogen and oxygen atoms in total. The van der Waals surface area contributed by atoms with Crippen molar-refractivity contribution in [2.24, 2.45) is 0 Å². The molecular formula is C23H40F3NO5. The van der Waals surface area contributed by atoms with Crippen molar-refractivity contribution in [2.45, 2.75) is 122 Å². The molecule has 0 aromatic rings. The van der Waals surface area contributed by atoms with Gasteiger partial charge < -0.3 is 15.2 Å². The van der Waals surface area contributed by atoms with Gasteiger partial charge in [-0.05, 0) is 32.1 Å². The van der Waals surface area contributed by atoms with Gasteiger partial charge in [-0.1, -0.05) is 64.7 Å². The Balaban J connectivity index is 3.89. The van der Waals surface area contributed by atoms with Crippen molar-refractivity contribution in [2.75, 3.05) is 6.54 Å².